The molecule has 0 aliphatic carbocycles. The van der Waals surface area contributed by atoms with Gasteiger partial charge in [-0.05, 0) is 66.7 Å². The maximum atomic E-state index is 15.3. The Bertz CT molecular complexity index is 1750. The average molecular weight is 567 g/mol. The molecule has 0 spiro atoms. The molecule has 3 N–H and O–H groups in total. The fourth-order valence-electron chi connectivity index (χ4n) is 4.73. The number of anilines is 4. The number of halogens is 1. The molecule has 42 heavy (non-hydrogen) atoms. The van der Waals surface area contributed by atoms with Crippen LogP contribution in [0.4, 0.5) is 32.1 Å². The van der Waals surface area contributed by atoms with Gasteiger partial charge in [0.1, 0.15) is 17.4 Å². The van der Waals surface area contributed by atoms with E-state index in [9.17, 15) is 9.59 Å². The smallest absolute Gasteiger partial charge is 0.323 e. The first-order chi connectivity index (χ1) is 20.4. The molecule has 3 heterocycles. The summed E-state index contributed by atoms with van der Waals surface area (Å²) in [4.78, 5) is 35.5. The number of carbonyl (C=O) groups excluding carboxylic acids is 2. The fraction of sp³-hybridized carbons (Fsp3) is 0.161. The second-order valence-corrected chi connectivity index (χ2v) is 9.71. The second-order valence-electron chi connectivity index (χ2n) is 9.71. The Morgan fingerprint density at radius 1 is 0.857 bits per heavy atom. The van der Waals surface area contributed by atoms with Crippen LogP contribution in [0.3, 0.4) is 0 Å². The number of rotatable bonds is 6. The summed E-state index contributed by atoms with van der Waals surface area (Å²) in [6, 6.07) is 20.0. The predicted octanol–water partition coefficient (Wildman–Crippen LogP) is 6.13. The number of furan rings is 1. The number of amides is 3. The molecule has 0 bridgehead atoms. The van der Waals surface area contributed by atoms with Gasteiger partial charge in [-0.15, -0.1) is 0 Å². The number of hydrogen-bond acceptors (Lipinski definition) is 7. The van der Waals surface area contributed by atoms with E-state index in [0.717, 1.165) is 16.8 Å². The molecule has 1 aliphatic rings. The molecule has 2 aromatic heterocycles. The summed E-state index contributed by atoms with van der Waals surface area (Å²) in [7, 11) is 0. The Morgan fingerprint density at radius 2 is 1.60 bits per heavy atom. The number of nitrogens with zero attached hydrogens (tertiary/aromatic N) is 3. The molecule has 0 saturated carbocycles. The molecule has 1 saturated heterocycles. The van der Waals surface area contributed by atoms with Crippen LogP contribution in [0.2, 0.25) is 0 Å². The van der Waals surface area contributed by atoms with Crippen LogP contribution in [0.15, 0.2) is 83.5 Å². The van der Waals surface area contributed by atoms with Gasteiger partial charge in [-0.2, -0.15) is 0 Å². The van der Waals surface area contributed by atoms with Crippen molar-refractivity contribution in [2.45, 2.75) is 6.92 Å². The lowest BCUT2D eigenvalue weighted by Gasteiger charge is -2.29. The summed E-state index contributed by atoms with van der Waals surface area (Å²) in [5.41, 5.74) is 3.11. The van der Waals surface area contributed by atoms with Crippen LogP contribution in [-0.4, -0.2) is 48.2 Å². The van der Waals surface area contributed by atoms with E-state index in [1.165, 1.54) is 19.1 Å². The molecular weight excluding hydrogens is 539 g/mol. The molecule has 1 fully saturated rings. The van der Waals surface area contributed by atoms with Gasteiger partial charge in [-0.25, -0.2) is 19.2 Å². The van der Waals surface area contributed by atoms with Crippen molar-refractivity contribution in [3.8, 4) is 22.7 Å². The van der Waals surface area contributed by atoms with E-state index in [-0.39, 0.29) is 11.6 Å². The van der Waals surface area contributed by atoms with E-state index in [1.807, 2.05) is 30.3 Å². The van der Waals surface area contributed by atoms with Crippen LogP contribution < -0.4 is 20.9 Å². The summed E-state index contributed by atoms with van der Waals surface area (Å²) in [6.45, 7) is 3.93. The van der Waals surface area contributed by atoms with Gasteiger partial charge < -0.3 is 30.0 Å². The van der Waals surface area contributed by atoms with Crippen LogP contribution in [0.5, 0.6) is 0 Å². The Balaban J connectivity index is 1.26. The molecule has 3 aromatic carbocycles. The Morgan fingerprint density at radius 3 is 2.29 bits per heavy atom. The quantitative estimate of drug-likeness (QED) is 0.226. The third-order valence-corrected chi connectivity index (χ3v) is 6.73. The number of benzene rings is 3. The van der Waals surface area contributed by atoms with E-state index in [4.69, 9.17) is 19.1 Å². The van der Waals surface area contributed by atoms with Crippen molar-refractivity contribution in [3.05, 3.63) is 84.9 Å². The number of urea groups is 1. The average Bonchev–Trinajstić information content (AvgIpc) is 3.54. The summed E-state index contributed by atoms with van der Waals surface area (Å²) >= 11 is 0. The van der Waals surface area contributed by atoms with Gasteiger partial charge in [0.15, 0.2) is 5.82 Å². The zero-order valence-corrected chi connectivity index (χ0v) is 22.7. The van der Waals surface area contributed by atoms with Crippen LogP contribution >= 0.6 is 0 Å². The first kappa shape index (κ1) is 26.9. The van der Waals surface area contributed by atoms with Crippen LogP contribution in [-0.2, 0) is 9.53 Å². The molecular formula is C31H27FN6O4. The van der Waals surface area contributed by atoms with E-state index >= 15 is 4.39 Å². The lowest BCUT2D eigenvalue weighted by Crippen LogP contribution is -2.37. The van der Waals surface area contributed by atoms with Gasteiger partial charge in [0.05, 0.1) is 30.7 Å². The molecule has 11 heteroatoms. The second kappa shape index (κ2) is 11.7. The summed E-state index contributed by atoms with van der Waals surface area (Å²) in [5.74, 6) is 0.987. The third-order valence-electron chi connectivity index (χ3n) is 6.73. The van der Waals surface area contributed by atoms with Crippen LogP contribution in [0, 0.1) is 5.82 Å². The lowest BCUT2D eigenvalue weighted by atomic mass is 10.1. The molecule has 10 nitrogen and oxygen atoms in total. The topological polar surface area (TPSA) is 122 Å². The number of fused-ring (bicyclic) bond motifs is 1. The lowest BCUT2D eigenvalue weighted by molar-refractivity contribution is -0.114. The Labute approximate surface area is 240 Å². The first-order valence-corrected chi connectivity index (χ1v) is 13.4. The standard InChI is InChI=1S/C31H27FN6O4/c1-19(39)33-22-6-8-23(9-7-22)34-31(40)36-26-11-5-21(17-25(26)32)29-35-27-18-20(28-3-2-14-42-28)4-10-24(27)30(37-29)38-12-15-41-16-13-38/h2-11,14,17-18H,12-13,15-16H2,1H3,(H,33,39)(H2,34,36,40). The maximum absolute atomic E-state index is 15.3. The van der Waals surface area contributed by atoms with Gasteiger partial charge in [0.25, 0.3) is 0 Å². The molecule has 0 unspecified atom stereocenters. The maximum Gasteiger partial charge on any atom is 0.323 e. The van der Waals surface area contributed by atoms with Crippen molar-refractivity contribution < 1.29 is 23.1 Å². The van der Waals surface area contributed by atoms with Gasteiger partial charge in [-0.3, -0.25) is 4.79 Å². The van der Waals surface area contributed by atoms with E-state index in [1.54, 1.807) is 36.6 Å². The first-order valence-electron chi connectivity index (χ1n) is 13.4. The highest BCUT2D eigenvalue weighted by molar-refractivity contribution is 6.00. The zero-order chi connectivity index (χ0) is 29.1. The number of carbonyl (C=O) groups is 2. The Hall–Kier alpha value is -5.29. The molecule has 1 aliphatic heterocycles. The van der Waals surface area contributed by atoms with Crippen molar-refractivity contribution in [1.82, 2.24) is 9.97 Å². The predicted molar refractivity (Wildman–Crippen MR) is 159 cm³/mol. The summed E-state index contributed by atoms with van der Waals surface area (Å²) in [5, 5.41) is 8.70. The summed E-state index contributed by atoms with van der Waals surface area (Å²) in [6.07, 6.45) is 1.62. The van der Waals surface area contributed by atoms with Gasteiger partial charge >= 0.3 is 6.03 Å². The number of morpholine rings is 1. The minimum Gasteiger partial charge on any atom is -0.464 e. The van der Waals surface area contributed by atoms with E-state index in [2.05, 4.69) is 20.9 Å². The minimum atomic E-state index is -0.635. The highest BCUT2D eigenvalue weighted by atomic mass is 19.1. The molecule has 6 rings (SSSR count). The fourth-order valence-corrected chi connectivity index (χ4v) is 4.73. The van der Waals surface area contributed by atoms with Crippen LogP contribution in [0.1, 0.15) is 6.92 Å². The minimum absolute atomic E-state index is 0.000383. The van der Waals surface area contributed by atoms with E-state index < -0.39 is 11.8 Å². The zero-order valence-electron chi connectivity index (χ0n) is 22.7. The highest BCUT2D eigenvalue weighted by Crippen LogP contribution is 2.32. The van der Waals surface area contributed by atoms with Crippen molar-refractivity contribution in [2.75, 3.05) is 47.2 Å². The SMILES string of the molecule is CC(=O)Nc1ccc(NC(=O)Nc2ccc(-c3nc(N4CCOCC4)c4ccc(-c5ccco5)cc4n3)cc2F)cc1. The van der Waals surface area contributed by atoms with Gasteiger partial charge in [0, 0.05) is 47.9 Å². The van der Waals surface area contributed by atoms with Gasteiger partial charge in [-0.1, -0.05) is 6.07 Å². The van der Waals surface area contributed by atoms with Crippen LogP contribution in [0.25, 0.3) is 33.6 Å². The monoisotopic (exact) mass is 566 g/mol. The van der Waals surface area contributed by atoms with Crippen molar-refractivity contribution >= 4 is 45.7 Å². The normalized spacial score (nSPS) is 13.1. The van der Waals surface area contributed by atoms with Crippen molar-refractivity contribution in [3.63, 3.8) is 0 Å². The molecule has 3 amide bonds. The number of nitrogens with one attached hydrogen (secondary N) is 3. The number of aromatic nitrogens is 2. The van der Waals surface area contributed by atoms with Gasteiger partial charge in [0.2, 0.25) is 5.91 Å². The molecule has 5 aromatic rings. The van der Waals surface area contributed by atoms with Crippen molar-refractivity contribution in [2.24, 2.45) is 0 Å². The molecule has 0 radical (unpaired) electrons. The number of hydrogen-bond donors (Lipinski definition) is 3. The molecule has 0 atom stereocenters. The number of ether oxygens (including phenoxy) is 1. The largest absolute Gasteiger partial charge is 0.464 e. The van der Waals surface area contributed by atoms with Crippen molar-refractivity contribution in [1.29, 1.82) is 0 Å². The Kier molecular flexibility index (Phi) is 7.48. The van der Waals surface area contributed by atoms with E-state index in [0.29, 0.717) is 60.3 Å². The summed E-state index contributed by atoms with van der Waals surface area (Å²) < 4.78 is 26.4. The third kappa shape index (κ3) is 5.91. The highest BCUT2D eigenvalue weighted by Gasteiger charge is 2.20. The molecule has 212 valence electrons.